The summed E-state index contributed by atoms with van der Waals surface area (Å²) in [6.07, 6.45) is 2.30. The molecule has 0 spiro atoms. The molecule has 1 atom stereocenters. The summed E-state index contributed by atoms with van der Waals surface area (Å²) in [7, 11) is 0. The fraction of sp³-hybridized carbons (Fsp3) is 0.250. The summed E-state index contributed by atoms with van der Waals surface area (Å²) in [6, 6.07) is 20.7. The van der Waals surface area contributed by atoms with Crippen molar-refractivity contribution in [2.24, 2.45) is 5.92 Å². The lowest BCUT2D eigenvalue weighted by Gasteiger charge is -2.23. The van der Waals surface area contributed by atoms with E-state index in [9.17, 15) is 4.79 Å². The molecule has 0 amide bonds. The van der Waals surface area contributed by atoms with Gasteiger partial charge in [0, 0.05) is 16.9 Å². The Labute approximate surface area is 180 Å². The predicted molar refractivity (Wildman–Crippen MR) is 117 cm³/mol. The molecule has 5 rings (SSSR count). The largest absolute Gasteiger partial charge is 0.466 e. The van der Waals surface area contributed by atoms with Crippen molar-refractivity contribution in [1.82, 2.24) is 25.2 Å². The van der Waals surface area contributed by atoms with E-state index in [2.05, 4.69) is 55.5 Å². The summed E-state index contributed by atoms with van der Waals surface area (Å²) in [4.78, 5) is 12.4. The minimum Gasteiger partial charge on any atom is -0.466 e. The SMILES string of the molecule is CCOC(=O)C1CCc2c(cc(-c3ccccc3)n2-c2cccc(-c3nn[nH]n3)c2)C1. The number of aromatic amines is 1. The van der Waals surface area contributed by atoms with Crippen LogP contribution in [0.1, 0.15) is 24.6 Å². The lowest BCUT2D eigenvalue weighted by molar-refractivity contribution is -0.148. The number of rotatable bonds is 5. The highest BCUT2D eigenvalue weighted by atomic mass is 16.5. The van der Waals surface area contributed by atoms with Gasteiger partial charge in [-0.1, -0.05) is 42.5 Å². The number of hydrogen-bond donors (Lipinski definition) is 1. The highest BCUT2D eigenvalue weighted by Crippen LogP contribution is 2.36. The smallest absolute Gasteiger partial charge is 0.309 e. The molecule has 1 N–H and O–H groups in total. The molecule has 156 valence electrons. The van der Waals surface area contributed by atoms with E-state index < -0.39 is 0 Å². The Kier molecular flexibility index (Phi) is 5.08. The van der Waals surface area contributed by atoms with Crippen molar-refractivity contribution in [3.8, 4) is 28.3 Å². The van der Waals surface area contributed by atoms with Crippen LogP contribution < -0.4 is 0 Å². The van der Waals surface area contributed by atoms with Crippen molar-refractivity contribution in [3.63, 3.8) is 0 Å². The number of carbonyl (C=O) groups excluding carboxylic acids is 1. The number of ether oxygens (including phenoxy) is 1. The van der Waals surface area contributed by atoms with Gasteiger partial charge in [0.1, 0.15) is 0 Å². The van der Waals surface area contributed by atoms with Crippen LogP contribution in [0.2, 0.25) is 0 Å². The Morgan fingerprint density at radius 1 is 1.13 bits per heavy atom. The fourth-order valence-electron chi connectivity index (χ4n) is 4.38. The molecule has 7 heteroatoms. The first-order valence-electron chi connectivity index (χ1n) is 10.5. The molecule has 0 fully saturated rings. The van der Waals surface area contributed by atoms with Gasteiger partial charge in [0.05, 0.1) is 18.2 Å². The maximum atomic E-state index is 12.4. The van der Waals surface area contributed by atoms with E-state index in [-0.39, 0.29) is 11.9 Å². The standard InChI is InChI=1S/C24H23N5O2/c1-2-31-24(30)18-11-12-21-19(13-18)15-22(16-7-4-3-5-8-16)29(21)20-10-6-9-17(14-20)23-25-27-28-26-23/h3-10,14-15,18H,2,11-13H2,1H3,(H,25,26,27,28). The molecule has 0 radical (unpaired) electrons. The van der Waals surface area contributed by atoms with Gasteiger partial charge in [-0.05, 0) is 60.7 Å². The lowest BCUT2D eigenvalue weighted by atomic mass is 9.87. The highest BCUT2D eigenvalue weighted by Gasteiger charge is 2.30. The predicted octanol–water partition coefficient (Wildman–Crippen LogP) is 3.99. The van der Waals surface area contributed by atoms with Crippen molar-refractivity contribution in [2.75, 3.05) is 6.61 Å². The number of H-pyrrole nitrogens is 1. The zero-order valence-electron chi connectivity index (χ0n) is 17.3. The van der Waals surface area contributed by atoms with Crippen molar-refractivity contribution >= 4 is 5.97 Å². The van der Waals surface area contributed by atoms with Crippen LogP contribution in [0.4, 0.5) is 0 Å². The van der Waals surface area contributed by atoms with Gasteiger partial charge in [-0.2, -0.15) is 5.21 Å². The Hall–Kier alpha value is -3.74. The number of carbonyl (C=O) groups is 1. The van der Waals surface area contributed by atoms with Crippen LogP contribution in [-0.4, -0.2) is 37.8 Å². The Bertz CT molecular complexity index is 1200. The van der Waals surface area contributed by atoms with Crippen molar-refractivity contribution in [1.29, 1.82) is 0 Å². The number of aromatic nitrogens is 5. The molecule has 2 heterocycles. The zero-order valence-corrected chi connectivity index (χ0v) is 17.3. The Morgan fingerprint density at radius 2 is 1.97 bits per heavy atom. The number of nitrogens with zero attached hydrogens (tertiary/aromatic N) is 4. The average Bonchev–Trinajstić information content (AvgIpc) is 3.48. The summed E-state index contributed by atoms with van der Waals surface area (Å²) in [5.41, 5.74) is 6.62. The minimum atomic E-state index is -0.0961. The van der Waals surface area contributed by atoms with Crippen LogP contribution >= 0.6 is 0 Å². The topological polar surface area (TPSA) is 85.7 Å². The van der Waals surface area contributed by atoms with E-state index in [0.717, 1.165) is 35.3 Å². The maximum absolute atomic E-state index is 12.4. The van der Waals surface area contributed by atoms with Crippen LogP contribution in [0.15, 0.2) is 60.7 Å². The molecule has 1 aliphatic carbocycles. The van der Waals surface area contributed by atoms with Crippen LogP contribution in [0.5, 0.6) is 0 Å². The van der Waals surface area contributed by atoms with Gasteiger partial charge in [0.25, 0.3) is 0 Å². The summed E-state index contributed by atoms with van der Waals surface area (Å²) in [5, 5.41) is 14.4. The van der Waals surface area contributed by atoms with Crippen molar-refractivity contribution in [3.05, 3.63) is 71.9 Å². The fourth-order valence-corrected chi connectivity index (χ4v) is 4.38. The average molecular weight is 413 g/mol. The van der Waals surface area contributed by atoms with E-state index in [1.54, 1.807) is 0 Å². The van der Waals surface area contributed by atoms with Gasteiger partial charge in [-0.15, -0.1) is 10.2 Å². The molecule has 7 nitrogen and oxygen atoms in total. The van der Waals surface area contributed by atoms with Crippen LogP contribution in [0, 0.1) is 5.92 Å². The maximum Gasteiger partial charge on any atom is 0.309 e. The van der Waals surface area contributed by atoms with Crippen LogP contribution in [-0.2, 0) is 22.4 Å². The summed E-state index contributed by atoms with van der Waals surface area (Å²) < 4.78 is 7.59. The van der Waals surface area contributed by atoms with Crippen LogP contribution in [0.3, 0.4) is 0 Å². The first kappa shape index (κ1) is 19.2. The van der Waals surface area contributed by atoms with E-state index in [4.69, 9.17) is 4.74 Å². The van der Waals surface area contributed by atoms with Crippen molar-refractivity contribution in [2.45, 2.75) is 26.2 Å². The molecular formula is C24H23N5O2. The summed E-state index contributed by atoms with van der Waals surface area (Å²) >= 11 is 0. The summed E-state index contributed by atoms with van der Waals surface area (Å²) in [5.74, 6) is 0.380. The molecule has 4 aromatic rings. The quantitative estimate of drug-likeness (QED) is 0.500. The number of tetrazole rings is 1. The molecule has 31 heavy (non-hydrogen) atoms. The zero-order chi connectivity index (χ0) is 21.2. The summed E-state index contributed by atoms with van der Waals surface area (Å²) in [6.45, 7) is 2.27. The molecule has 0 saturated heterocycles. The number of hydrogen-bond acceptors (Lipinski definition) is 5. The molecular weight excluding hydrogens is 390 g/mol. The molecule has 0 bridgehead atoms. The van der Waals surface area contributed by atoms with Gasteiger partial charge in [0.2, 0.25) is 5.82 Å². The third-order valence-corrected chi connectivity index (χ3v) is 5.79. The monoisotopic (exact) mass is 413 g/mol. The van der Waals surface area contributed by atoms with Gasteiger partial charge in [0.15, 0.2) is 0 Å². The van der Waals surface area contributed by atoms with Gasteiger partial charge < -0.3 is 9.30 Å². The molecule has 2 aromatic heterocycles. The third kappa shape index (κ3) is 3.63. The molecule has 2 aromatic carbocycles. The molecule has 1 unspecified atom stereocenters. The molecule has 0 saturated carbocycles. The van der Waals surface area contributed by atoms with Crippen molar-refractivity contribution < 1.29 is 9.53 Å². The Morgan fingerprint density at radius 3 is 2.74 bits per heavy atom. The third-order valence-electron chi connectivity index (χ3n) is 5.79. The van der Waals surface area contributed by atoms with E-state index >= 15 is 0 Å². The van der Waals surface area contributed by atoms with E-state index in [1.807, 2.05) is 37.3 Å². The molecule has 1 aliphatic rings. The second kappa shape index (κ2) is 8.18. The molecule has 0 aliphatic heterocycles. The van der Waals surface area contributed by atoms with Gasteiger partial charge in [-0.25, -0.2) is 0 Å². The number of nitrogens with one attached hydrogen (secondary N) is 1. The normalized spacial score (nSPS) is 15.5. The second-order valence-corrected chi connectivity index (χ2v) is 7.68. The second-order valence-electron chi connectivity index (χ2n) is 7.68. The van der Waals surface area contributed by atoms with Gasteiger partial charge >= 0.3 is 5.97 Å². The Balaban J connectivity index is 1.62. The lowest BCUT2D eigenvalue weighted by Crippen LogP contribution is -2.25. The number of benzene rings is 2. The van der Waals surface area contributed by atoms with E-state index in [1.165, 1.54) is 11.3 Å². The highest BCUT2D eigenvalue weighted by molar-refractivity contribution is 5.74. The first-order chi connectivity index (χ1) is 15.2. The first-order valence-corrected chi connectivity index (χ1v) is 10.5. The van der Waals surface area contributed by atoms with E-state index in [0.29, 0.717) is 18.9 Å². The number of esters is 1. The minimum absolute atomic E-state index is 0.0856. The number of fused-ring (bicyclic) bond motifs is 1. The van der Waals surface area contributed by atoms with Gasteiger partial charge in [-0.3, -0.25) is 4.79 Å². The van der Waals surface area contributed by atoms with Crippen LogP contribution in [0.25, 0.3) is 28.3 Å².